The van der Waals surface area contributed by atoms with Gasteiger partial charge in [-0.15, -0.1) is 0 Å². The maximum Gasteiger partial charge on any atom is 0.402 e. The highest BCUT2D eigenvalue weighted by molar-refractivity contribution is 7.86. The number of hydrogen-bond donors (Lipinski definition) is 1. The predicted octanol–water partition coefficient (Wildman–Crippen LogP) is 2.96. The van der Waals surface area contributed by atoms with Crippen LogP contribution in [0.1, 0.15) is 46.0 Å². The van der Waals surface area contributed by atoms with E-state index in [4.69, 9.17) is 9.29 Å². The summed E-state index contributed by atoms with van der Waals surface area (Å²) in [7, 11) is -5.67. The van der Waals surface area contributed by atoms with Gasteiger partial charge in [0.1, 0.15) is 6.10 Å². The molecule has 2 saturated carbocycles. The highest BCUT2D eigenvalue weighted by Crippen LogP contribution is 2.48. The van der Waals surface area contributed by atoms with Gasteiger partial charge in [0.25, 0.3) is 0 Å². The van der Waals surface area contributed by atoms with Crippen LogP contribution in [0.25, 0.3) is 0 Å². The highest BCUT2D eigenvalue weighted by atomic mass is 32.2. The van der Waals surface area contributed by atoms with Gasteiger partial charge in [-0.05, 0) is 50.4 Å². The van der Waals surface area contributed by atoms with Gasteiger partial charge in [-0.25, -0.2) is 4.79 Å². The molecule has 2 fully saturated rings. The van der Waals surface area contributed by atoms with Crippen LogP contribution in [0.3, 0.4) is 0 Å². The van der Waals surface area contributed by atoms with E-state index >= 15 is 0 Å². The topological polar surface area (TPSA) is 107 Å². The Morgan fingerprint density at radius 1 is 1.21 bits per heavy atom. The first-order chi connectivity index (χ1) is 12.9. The van der Waals surface area contributed by atoms with Crippen LogP contribution < -0.4 is 0 Å². The molecule has 0 heterocycles. The van der Waals surface area contributed by atoms with Gasteiger partial charge in [-0.3, -0.25) is 9.35 Å². The van der Waals surface area contributed by atoms with E-state index in [1.54, 1.807) is 0 Å². The van der Waals surface area contributed by atoms with Crippen LogP contribution in [0.4, 0.5) is 8.78 Å². The molecule has 0 aliphatic heterocycles. The monoisotopic (exact) mass is 424 g/mol. The summed E-state index contributed by atoms with van der Waals surface area (Å²) in [6.07, 6.45) is 2.68. The van der Waals surface area contributed by atoms with Crippen molar-refractivity contribution in [2.45, 2.75) is 57.3 Å². The lowest BCUT2D eigenvalue weighted by atomic mass is 9.61. The molecule has 2 aliphatic rings. The average molecular weight is 424 g/mol. The number of hydrogen-bond acceptors (Lipinski definition) is 6. The van der Waals surface area contributed by atoms with Gasteiger partial charge < -0.3 is 9.47 Å². The summed E-state index contributed by atoms with van der Waals surface area (Å²) in [5, 5.41) is -4.56. The van der Waals surface area contributed by atoms with E-state index in [1.165, 1.54) is 6.92 Å². The van der Waals surface area contributed by atoms with Crippen LogP contribution in [0.15, 0.2) is 12.2 Å². The van der Waals surface area contributed by atoms with Gasteiger partial charge in [0, 0.05) is 5.57 Å². The molecule has 0 aromatic rings. The average Bonchev–Trinajstić information content (AvgIpc) is 2.57. The molecule has 2 bridgehead atoms. The van der Waals surface area contributed by atoms with E-state index < -0.39 is 39.8 Å². The Morgan fingerprint density at radius 3 is 2.39 bits per heavy atom. The molecular weight excluding hydrogens is 398 g/mol. The lowest BCUT2D eigenvalue weighted by Crippen LogP contribution is -2.46. The van der Waals surface area contributed by atoms with Gasteiger partial charge in [0.05, 0.1) is 5.92 Å². The van der Waals surface area contributed by atoms with Crippen molar-refractivity contribution in [3.63, 3.8) is 0 Å². The van der Waals surface area contributed by atoms with Crippen molar-refractivity contribution in [3.05, 3.63) is 12.2 Å². The zero-order chi connectivity index (χ0) is 21.3. The van der Waals surface area contributed by atoms with E-state index in [-0.39, 0.29) is 29.4 Å². The van der Waals surface area contributed by atoms with Gasteiger partial charge in [-0.2, -0.15) is 17.2 Å². The molecule has 5 atom stereocenters. The summed E-state index contributed by atoms with van der Waals surface area (Å²) in [4.78, 5) is 24.3. The maximum atomic E-state index is 13.4. The summed E-state index contributed by atoms with van der Waals surface area (Å²) in [5.41, 5.74) is 0.269. The Kier molecular flexibility index (Phi) is 6.86. The Labute approximate surface area is 163 Å². The van der Waals surface area contributed by atoms with Crippen LogP contribution in [0.5, 0.6) is 0 Å². The van der Waals surface area contributed by atoms with Crippen molar-refractivity contribution in [2.75, 3.05) is 6.61 Å². The zero-order valence-electron chi connectivity index (χ0n) is 15.9. The van der Waals surface area contributed by atoms with E-state index in [0.717, 1.165) is 0 Å². The van der Waals surface area contributed by atoms with Crippen LogP contribution >= 0.6 is 0 Å². The molecule has 0 amide bonds. The van der Waals surface area contributed by atoms with Crippen LogP contribution in [0.2, 0.25) is 0 Å². The first kappa shape index (κ1) is 22.7. The second-order valence-corrected chi connectivity index (χ2v) is 9.34. The quantitative estimate of drug-likeness (QED) is 0.380. The van der Waals surface area contributed by atoms with Crippen molar-refractivity contribution in [1.82, 2.24) is 0 Å². The van der Waals surface area contributed by atoms with E-state index in [2.05, 4.69) is 11.3 Å². The third-order valence-electron chi connectivity index (χ3n) is 5.63. The number of alkyl halides is 2. The highest BCUT2D eigenvalue weighted by Gasteiger charge is 2.49. The molecule has 0 radical (unpaired) electrons. The molecule has 10 heteroatoms. The molecule has 0 spiro atoms. The molecule has 0 aromatic carbocycles. The van der Waals surface area contributed by atoms with Crippen molar-refractivity contribution < 1.29 is 40.8 Å². The number of carbonyl (C=O) groups is 2. The summed E-state index contributed by atoms with van der Waals surface area (Å²) in [5.74, 6) is -2.17. The SMILES string of the molecule is C=C(C)C(=O)OC1CC2CC(CC)C(C(=O)OCC(F)(F)S(=O)(=O)O)C(C2)C1. The third-order valence-corrected chi connectivity index (χ3v) is 6.50. The number of carbonyl (C=O) groups excluding carboxylic acids is 2. The molecule has 7 nitrogen and oxygen atoms in total. The minimum atomic E-state index is -5.67. The van der Waals surface area contributed by atoms with Gasteiger partial charge in [-0.1, -0.05) is 19.9 Å². The largest absolute Gasteiger partial charge is 0.459 e. The Hall–Kier alpha value is -1.55. The third kappa shape index (κ3) is 5.08. The number of rotatable bonds is 7. The van der Waals surface area contributed by atoms with Gasteiger partial charge >= 0.3 is 27.3 Å². The van der Waals surface area contributed by atoms with Crippen LogP contribution in [-0.2, 0) is 29.2 Å². The molecule has 1 N–H and O–H groups in total. The van der Waals surface area contributed by atoms with Gasteiger partial charge in [0.15, 0.2) is 6.61 Å². The summed E-state index contributed by atoms with van der Waals surface area (Å²) in [6.45, 7) is 5.23. The predicted molar refractivity (Wildman–Crippen MR) is 94.9 cm³/mol. The zero-order valence-corrected chi connectivity index (χ0v) is 16.7. The van der Waals surface area contributed by atoms with E-state index in [0.29, 0.717) is 32.1 Å². The molecule has 0 aromatic heterocycles. The molecule has 5 unspecified atom stereocenters. The maximum absolute atomic E-state index is 13.4. The molecular formula is C18H26F2O7S. The fourth-order valence-corrected chi connectivity index (χ4v) is 4.56. The van der Waals surface area contributed by atoms with Crippen molar-refractivity contribution in [3.8, 4) is 0 Å². The lowest BCUT2D eigenvalue weighted by molar-refractivity contribution is -0.166. The van der Waals surface area contributed by atoms with Crippen molar-refractivity contribution in [2.24, 2.45) is 23.7 Å². The number of ether oxygens (including phenoxy) is 2. The number of esters is 2. The molecule has 160 valence electrons. The Morgan fingerprint density at radius 2 is 1.86 bits per heavy atom. The van der Waals surface area contributed by atoms with E-state index in [1.807, 2.05) is 6.92 Å². The standard InChI is InChI=1S/C18H26F2O7S/c1-4-12-5-11-6-13(8-14(7-11)27-16(21)10(2)3)15(12)17(22)26-9-18(19,20)28(23,24)25/h11-15H,2,4-9H2,1,3H3,(H,23,24,25). The Balaban J connectivity index is 2.10. The van der Waals surface area contributed by atoms with Gasteiger partial charge in [0.2, 0.25) is 0 Å². The summed E-state index contributed by atoms with van der Waals surface area (Å²) in [6, 6.07) is 0. The van der Waals surface area contributed by atoms with Crippen LogP contribution in [-0.4, -0.2) is 42.9 Å². The first-order valence-electron chi connectivity index (χ1n) is 9.23. The fourth-order valence-electron chi connectivity index (χ4n) is 4.35. The minimum Gasteiger partial charge on any atom is -0.459 e. The summed E-state index contributed by atoms with van der Waals surface area (Å²) < 4.78 is 66.7. The molecule has 0 saturated heterocycles. The normalized spacial score (nSPS) is 30.4. The lowest BCUT2D eigenvalue weighted by Gasteiger charge is -2.46. The van der Waals surface area contributed by atoms with Crippen LogP contribution in [0, 0.1) is 23.7 Å². The second-order valence-electron chi connectivity index (χ2n) is 7.79. The molecule has 2 rings (SSSR count). The number of halogens is 2. The first-order valence-corrected chi connectivity index (χ1v) is 10.7. The van der Waals surface area contributed by atoms with Crippen molar-refractivity contribution in [1.29, 1.82) is 0 Å². The smallest absolute Gasteiger partial charge is 0.402 e. The number of fused-ring (bicyclic) bond motifs is 2. The molecule has 2 aliphatic carbocycles. The van der Waals surface area contributed by atoms with Crippen molar-refractivity contribution >= 4 is 22.1 Å². The van der Waals surface area contributed by atoms with E-state index in [9.17, 15) is 26.8 Å². The fraction of sp³-hybridized carbons (Fsp3) is 0.778. The Bertz CT molecular complexity index is 734. The molecule has 28 heavy (non-hydrogen) atoms. The second kappa shape index (κ2) is 8.44. The minimum absolute atomic E-state index is 0.0894. The summed E-state index contributed by atoms with van der Waals surface area (Å²) >= 11 is 0.